The van der Waals surface area contributed by atoms with Crippen LogP contribution in [0, 0.1) is 0 Å². The molecule has 0 aliphatic carbocycles. The molecule has 0 unspecified atom stereocenters. The van der Waals surface area contributed by atoms with E-state index in [2.05, 4.69) is 4.98 Å². The summed E-state index contributed by atoms with van der Waals surface area (Å²) in [5, 5.41) is -0.575. The van der Waals surface area contributed by atoms with Gasteiger partial charge < -0.3 is 4.57 Å². The largest absolute Gasteiger partial charge is 0.393 e. The first-order chi connectivity index (χ1) is 11.2. The van der Waals surface area contributed by atoms with Crippen molar-refractivity contribution in [1.29, 1.82) is 0 Å². The average molecular weight is 474 g/mol. The highest BCUT2D eigenvalue weighted by Gasteiger charge is 2.57. The van der Waals surface area contributed by atoms with Crippen LogP contribution < -0.4 is 0 Å². The normalized spacial score (nSPS) is 13.4. The van der Waals surface area contributed by atoms with Crippen molar-refractivity contribution in [3.63, 3.8) is 0 Å². The Morgan fingerprint density at radius 2 is 1.52 bits per heavy atom. The summed E-state index contributed by atoms with van der Waals surface area (Å²) in [5.41, 5.74) is -1.69. The second-order valence-electron chi connectivity index (χ2n) is 4.94. The second kappa shape index (κ2) is 6.62. The molecule has 0 saturated carbocycles. The zero-order chi connectivity index (χ0) is 19.2. The van der Waals surface area contributed by atoms with Gasteiger partial charge in [0, 0.05) is 6.20 Å². The van der Waals surface area contributed by atoms with Crippen molar-refractivity contribution in [2.24, 2.45) is 0 Å². The van der Waals surface area contributed by atoms with Gasteiger partial charge in [0.1, 0.15) is 5.69 Å². The van der Waals surface area contributed by atoms with E-state index < -0.39 is 29.0 Å². The maximum Gasteiger partial charge on any atom is 0.393 e. The molecule has 0 radical (unpaired) electrons. The molecule has 12 heteroatoms. The van der Waals surface area contributed by atoms with Gasteiger partial charge in [-0.2, -0.15) is 30.7 Å². The summed E-state index contributed by atoms with van der Waals surface area (Å²) in [4.78, 5) is -1.35. The highest BCUT2D eigenvalue weighted by Crippen LogP contribution is 2.46. The van der Waals surface area contributed by atoms with Gasteiger partial charge in [0.25, 0.3) is 0 Å². The Morgan fingerprint density at radius 3 is 1.96 bits per heavy atom. The molecule has 1 aromatic carbocycles. The predicted octanol–water partition coefficient (Wildman–Crippen LogP) is 6.36. The zero-order valence-corrected chi connectivity index (χ0v) is 14.8. The molecule has 2 aromatic rings. The summed E-state index contributed by atoms with van der Waals surface area (Å²) in [6.07, 6.45) is -4.49. The quantitative estimate of drug-likeness (QED) is 0.373. The Balaban J connectivity index is 2.44. The predicted molar refractivity (Wildman–Crippen MR) is 81.1 cm³/mol. The summed E-state index contributed by atoms with van der Waals surface area (Å²) in [6.45, 7) is 0. The lowest BCUT2D eigenvalue weighted by Gasteiger charge is -2.19. The molecule has 2 rings (SSSR count). The van der Waals surface area contributed by atoms with Crippen LogP contribution in [0.1, 0.15) is 11.3 Å². The molecule has 138 valence electrons. The average Bonchev–Trinajstić information content (AvgIpc) is 2.84. The van der Waals surface area contributed by atoms with Crippen LogP contribution in [0.3, 0.4) is 0 Å². The fourth-order valence-electron chi connectivity index (χ4n) is 1.95. The highest BCUT2D eigenvalue weighted by atomic mass is 79.9. The molecule has 0 spiro atoms. The van der Waals surface area contributed by atoms with Crippen molar-refractivity contribution >= 4 is 39.1 Å². The van der Waals surface area contributed by atoms with Crippen LogP contribution in [-0.4, -0.2) is 20.6 Å². The third kappa shape index (κ3) is 4.40. The van der Waals surface area contributed by atoms with Crippen molar-refractivity contribution in [3.05, 3.63) is 46.0 Å². The first kappa shape index (κ1) is 20.3. The molecule has 0 bridgehead atoms. The van der Waals surface area contributed by atoms with Crippen LogP contribution in [0.25, 0.3) is 5.69 Å². The van der Waals surface area contributed by atoms with Gasteiger partial charge in [-0.05, 0) is 33.6 Å². The minimum absolute atomic E-state index is 0.165. The summed E-state index contributed by atoms with van der Waals surface area (Å²) in [7, 11) is 0. The first-order valence-electron chi connectivity index (χ1n) is 6.26. The van der Waals surface area contributed by atoms with E-state index >= 15 is 0 Å². The minimum Gasteiger partial charge on any atom is -0.303 e. The molecule has 1 aromatic heterocycles. The molecule has 0 fully saturated rings. The summed E-state index contributed by atoms with van der Waals surface area (Å²) < 4.78 is 91.1. The number of alkyl halides is 8. The minimum atomic E-state index is -4.63. The highest BCUT2D eigenvalue weighted by molar-refractivity contribution is 9.10. The fourth-order valence-corrected chi connectivity index (χ4v) is 2.88. The third-order valence-corrected chi connectivity index (χ3v) is 4.07. The van der Waals surface area contributed by atoms with E-state index in [1.54, 1.807) is 15.9 Å². The Labute approximate surface area is 154 Å². The van der Waals surface area contributed by atoms with Crippen molar-refractivity contribution in [1.82, 2.24) is 9.55 Å². The van der Waals surface area contributed by atoms with Crippen LogP contribution >= 0.6 is 39.1 Å². The summed E-state index contributed by atoms with van der Waals surface area (Å²) >= 11 is 13.3. The molecule has 0 N–H and O–H groups in total. The van der Waals surface area contributed by atoms with Gasteiger partial charge in [-0.1, -0.05) is 23.2 Å². The van der Waals surface area contributed by atoms with E-state index in [4.69, 9.17) is 23.2 Å². The third-order valence-electron chi connectivity index (χ3n) is 3.00. The van der Waals surface area contributed by atoms with Gasteiger partial charge >= 0.3 is 16.9 Å². The SMILES string of the molecule is FC(F)(F)Cc1cc(Cl)c(-n2cnc(C(F)(F)C(F)(F)Br)c2)c(Cl)c1. The zero-order valence-electron chi connectivity index (χ0n) is 11.7. The molecular formula is C13H6BrCl2F7N2. The number of benzene rings is 1. The molecule has 0 aliphatic heterocycles. The van der Waals surface area contributed by atoms with Crippen LogP contribution in [-0.2, 0) is 12.3 Å². The van der Waals surface area contributed by atoms with E-state index in [1.165, 1.54) is 0 Å². The van der Waals surface area contributed by atoms with Gasteiger partial charge in [-0.15, -0.1) is 0 Å². The maximum atomic E-state index is 13.6. The lowest BCUT2D eigenvalue weighted by atomic mass is 10.1. The van der Waals surface area contributed by atoms with E-state index in [1.807, 2.05) is 0 Å². The van der Waals surface area contributed by atoms with Gasteiger partial charge in [0.05, 0.1) is 28.5 Å². The Kier molecular flexibility index (Phi) is 5.38. The number of aromatic nitrogens is 2. The van der Waals surface area contributed by atoms with Crippen molar-refractivity contribution in [2.75, 3.05) is 0 Å². The Hall–Kier alpha value is -1.00. The lowest BCUT2D eigenvalue weighted by molar-refractivity contribution is -0.156. The van der Waals surface area contributed by atoms with E-state index in [-0.39, 0.29) is 21.3 Å². The summed E-state index contributed by atoms with van der Waals surface area (Å²) in [5.74, 6) is -4.63. The molecule has 2 nitrogen and oxygen atoms in total. The van der Waals surface area contributed by atoms with E-state index in [0.29, 0.717) is 6.20 Å². The van der Waals surface area contributed by atoms with Crippen LogP contribution in [0.2, 0.25) is 10.0 Å². The number of nitrogens with zero attached hydrogens (tertiary/aromatic N) is 2. The molecule has 0 atom stereocenters. The Morgan fingerprint density at radius 1 is 1.00 bits per heavy atom. The molecule has 0 aliphatic rings. The lowest BCUT2D eigenvalue weighted by Crippen LogP contribution is -2.32. The molecule has 1 heterocycles. The van der Waals surface area contributed by atoms with Crippen LogP contribution in [0.4, 0.5) is 30.7 Å². The number of halogens is 10. The number of hydrogen-bond donors (Lipinski definition) is 0. The number of hydrogen-bond acceptors (Lipinski definition) is 1. The topological polar surface area (TPSA) is 17.8 Å². The van der Waals surface area contributed by atoms with Crippen molar-refractivity contribution < 1.29 is 30.7 Å². The van der Waals surface area contributed by atoms with Crippen LogP contribution in [0.15, 0.2) is 24.7 Å². The first-order valence-corrected chi connectivity index (χ1v) is 7.81. The maximum absolute atomic E-state index is 13.6. The number of rotatable bonds is 4. The number of imidazole rings is 1. The van der Waals surface area contributed by atoms with Gasteiger partial charge in [0.15, 0.2) is 0 Å². The molecule has 25 heavy (non-hydrogen) atoms. The molecular weight excluding hydrogens is 468 g/mol. The van der Waals surface area contributed by atoms with Gasteiger partial charge in [-0.3, -0.25) is 0 Å². The standard InChI is InChI=1S/C13H6BrCl2F7N2/c14-13(22,23)12(20,21)9-4-25(5-24-9)10-7(15)1-6(2-8(10)16)3-11(17,18)19/h1-2,4-5H,3H2. The van der Waals surface area contributed by atoms with Gasteiger partial charge in [-0.25, -0.2) is 4.98 Å². The summed E-state index contributed by atoms with van der Waals surface area (Å²) in [6, 6.07) is 1.90. The Bertz CT molecular complexity index is 760. The van der Waals surface area contributed by atoms with Crippen molar-refractivity contribution in [3.8, 4) is 5.69 Å². The van der Waals surface area contributed by atoms with Crippen molar-refractivity contribution in [2.45, 2.75) is 23.4 Å². The fraction of sp³-hybridized carbons (Fsp3) is 0.308. The molecule has 0 saturated heterocycles. The monoisotopic (exact) mass is 472 g/mol. The smallest absolute Gasteiger partial charge is 0.303 e. The second-order valence-corrected chi connectivity index (χ2v) is 6.75. The van der Waals surface area contributed by atoms with E-state index in [9.17, 15) is 30.7 Å². The van der Waals surface area contributed by atoms with E-state index in [0.717, 1.165) is 23.0 Å². The molecule has 0 amide bonds. The van der Waals surface area contributed by atoms with Gasteiger partial charge in [0.2, 0.25) is 0 Å². The van der Waals surface area contributed by atoms with Crippen LogP contribution in [0.5, 0.6) is 0 Å².